The maximum atomic E-state index is 11.9. The molecule has 0 atom stereocenters. The van der Waals surface area contributed by atoms with Crippen molar-refractivity contribution in [3.63, 3.8) is 0 Å². The summed E-state index contributed by atoms with van der Waals surface area (Å²) >= 11 is 0. The molecule has 1 N–H and O–H groups in total. The first-order valence-electron chi connectivity index (χ1n) is 5.44. The number of para-hydroxylation sites is 1. The van der Waals surface area contributed by atoms with E-state index in [-0.39, 0.29) is 11.5 Å². The summed E-state index contributed by atoms with van der Waals surface area (Å²) in [7, 11) is 1.44. The Labute approximate surface area is 105 Å². The molecular weight excluding hydrogens is 230 g/mol. The van der Waals surface area contributed by atoms with Gasteiger partial charge in [0.05, 0.1) is 12.8 Å². The van der Waals surface area contributed by atoms with Gasteiger partial charge in [0.2, 0.25) is 5.78 Å². The van der Waals surface area contributed by atoms with Crippen LogP contribution in [-0.2, 0) is 9.53 Å². The molecule has 0 fully saturated rings. The minimum absolute atomic E-state index is 0.255. The van der Waals surface area contributed by atoms with Gasteiger partial charge in [0.25, 0.3) is 0 Å². The zero-order valence-corrected chi connectivity index (χ0v) is 9.91. The number of allylic oxidation sites excluding steroid dienone is 4. The summed E-state index contributed by atoms with van der Waals surface area (Å²) < 4.78 is 4.94. The van der Waals surface area contributed by atoms with E-state index in [1.54, 1.807) is 42.5 Å². The van der Waals surface area contributed by atoms with Crippen molar-refractivity contribution in [1.29, 1.82) is 0 Å². The molecule has 92 valence electrons. The first-order valence-corrected chi connectivity index (χ1v) is 5.44. The Morgan fingerprint density at radius 3 is 2.67 bits per heavy atom. The van der Waals surface area contributed by atoms with Crippen molar-refractivity contribution in [2.24, 2.45) is 0 Å². The van der Waals surface area contributed by atoms with Crippen molar-refractivity contribution in [3.05, 3.63) is 66.1 Å². The van der Waals surface area contributed by atoms with Gasteiger partial charge >= 0.3 is 0 Å². The zero-order valence-electron chi connectivity index (χ0n) is 9.91. The van der Waals surface area contributed by atoms with Gasteiger partial charge in [-0.1, -0.05) is 24.3 Å². The molecule has 0 heterocycles. The number of carbonyl (C=O) groups excluding carboxylic acids is 1. The fraction of sp³-hybridized carbons (Fsp3) is 0.0714. The van der Waals surface area contributed by atoms with Crippen LogP contribution in [0.25, 0.3) is 0 Å². The van der Waals surface area contributed by atoms with E-state index in [0.29, 0.717) is 11.3 Å². The molecule has 0 saturated heterocycles. The zero-order chi connectivity index (χ0) is 13.0. The largest absolute Gasteiger partial charge is 0.493 e. The quantitative estimate of drug-likeness (QED) is 0.654. The van der Waals surface area contributed by atoms with Crippen LogP contribution in [0.3, 0.4) is 0 Å². The van der Waals surface area contributed by atoms with Crippen LogP contribution in [0.4, 0.5) is 5.69 Å². The summed E-state index contributed by atoms with van der Waals surface area (Å²) in [5, 5.41) is 10.8. The Kier molecular flexibility index (Phi) is 3.60. The number of methoxy groups -OCH3 is 1. The number of ketones is 1. The molecule has 1 aliphatic rings. The number of rotatable bonds is 3. The van der Waals surface area contributed by atoms with Gasteiger partial charge in [0.15, 0.2) is 5.76 Å². The van der Waals surface area contributed by atoms with E-state index in [2.05, 4.69) is 0 Å². The average Bonchev–Trinajstić information content (AvgIpc) is 2.42. The summed E-state index contributed by atoms with van der Waals surface area (Å²) in [6.45, 7) is 0. The third-order valence-electron chi connectivity index (χ3n) is 2.51. The van der Waals surface area contributed by atoms with Crippen LogP contribution in [0.1, 0.15) is 0 Å². The molecular formula is C14H13NO3. The molecule has 0 radical (unpaired) electrons. The van der Waals surface area contributed by atoms with Crippen LogP contribution >= 0.6 is 0 Å². The number of hydrogen-bond acceptors (Lipinski definition) is 4. The lowest BCUT2D eigenvalue weighted by molar-refractivity contribution is -0.114. The van der Waals surface area contributed by atoms with Gasteiger partial charge in [-0.3, -0.25) is 10.0 Å². The summed E-state index contributed by atoms with van der Waals surface area (Å²) in [6, 6.07) is 8.93. The van der Waals surface area contributed by atoms with Crippen molar-refractivity contribution in [3.8, 4) is 0 Å². The second-order valence-corrected chi connectivity index (χ2v) is 3.69. The number of hydrogen-bond donors (Lipinski definition) is 1. The number of hydroxylamine groups is 1. The SMILES string of the molecule is COC1=CC=C/C(=C/N(O)c2ccccc2)C1=O. The first-order chi connectivity index (χ1) is 8.72. The standard InChI is InChI=1S/C14H13NO3/c1-18-13-9-5-6-11(14(13)16)10-15(17)12-7-3-2-4-8-12/h2-10,17H,1H3/b11-10-. The maximum absolute atomic E-state index is 11.9. The van der Waals surface area contributed by atoms with Crippen LogP contribution in [0.5, 0.6) is 0 Å². The van der Waals surface area contributed by atoms with Gasteiger partial charge in [-0.2, -0.15) is 0 Å². The molecule has 2 rings (SSSR count). The molecule has 0 bridgehead atoms. The van der Waals surface area contributed by atoms with Gasteiger partial charge < -0.3 is 4.74 Å². The lowest BCUT2D eigenvalue weighted by Gasteiger charge is -2.15. The van der Waals surface area contributed by atoms with Crippen molar-refractivity contribution in [2.75, 3.05) is 12.2 Å². The van der Waals surface area contributed by atoms with Gasteiger partial charge in [-0.25, -0.2) is 5.06 Å². The fourth-order valence-electron chi connectivity index (χ4n) is 1.58. The highest BCUT2D eigenvalue weighted by Crippen LogP contribution is 2.17. The number of Topliss-reactive ketones (excluding diaryl/α,β-unsaturated/α-hetero) is 1. The Hall–Kier alpha value is -2.33. The lowest BCUT2D eigenvalue weighted by atomic mass is 10.1. The minimum Gasteiger partial charge on any atom is -0.493 e. The Bertz CT molecular complexity index is 529. The number of nitrogens with zero attached hydrogens (tertiary/aromatic N) is 1. The second kappa shape index (κ2) is 5.33. The summed E-state index contributed by atoms with van der Waals surface area (Å²) in [4.78, 5) is 11.9. The molecule has 1 aromatic rings. The number of ether oxygens (including phenoxy) is 1. The lowest BCUT2D eigenvalue weighted by Crippen LogP contribution is -2.15. The molecule has 4 nitrogen and oxygen atoms in total. The molecule has 1 aliphatic carbocycles. The summed E-state index contributed by atoms with van der Waals surface area (Å²) in [6.07, 6.45) is 6.27. The van der Waals surface area contributed by atoms with E-state index in [1.165, 1.54) is 13.3 Å². The molecule has 0 aliphatic heterocycles. The van der Waals surface area contributed by atoms with Crippen LogP contribution in [0, 0.1) is 0 Å². The monoisotopic (exact) mass is 243 g/mol. The molecule has 0 spiro atoms. The maximum Gasteiger partial charge on any atom is 0.229 e. The molecule has 18 heavy (non-hydrogen) atoms. The van der Waals surface area contributed by atoms with Crippen LogP contribution in [-0.4, -0.2) is 18.1 Å². The topological polar surface area (TPSA) is 49.8 Å². The summed E-state index contributed by atoms with van der Waals surface area (Å²) in [5.41, 5.74) is 0.945. The molecule has 0 aromatic heterocycles. The summed E-state index contributed by atoms with van der Waals surface area (Å²) in [5.74, 6) is 0.000179. The van der Waals surface area contributed by atoms with Gasteiger partial charge in [0.1, 0.15) is 0 Å². The molecule has 4 heteroatoms. The smallest absolute Gasteiger partial charge is 0.229 e. The van der Waals surface area contributed by atoms with Crippen LogP contribution < -0.4 is 5.06 Å². The highest BCUT2D eigenvalue weighted by Gasteiger charge is 2.17. The first kappa shape index (κ1) is 12.1. The molecule has 1 aromatic carbocycles. The Balaban J connectivity index is 2.22. The molecule has 0 saturated carbocycles. The van der Waals surface area contributed by atoms with Crippen LogP contribution in [0.15, 0.2) is 66.1 Å². The minimum atomic E-state index is -0.255. The van der Waals surface area contributed by atoms with E-state index in [1.807, 2.05) is 6.07 Å². The van der Waals surface area contributed by atoms with E-state index in [0.717, 1.165) is 5.06 Å². The second-order valence-electron chi connectivity index (χ2n) is 3.69. The highest BCUT2D eigenvalue weighted by atomic mass is 16.5. The van der Waals surface area contributed by atoms with Gasteiger partial charge in [-0.15, -0.1) is 0 Å². The van der Waals surface area contributed by atoms with Crippen molar-refractivity contribution >= 4 is 11.5 Å². The normalized spacial score (nSPS) is 16.7. The van der Waals surface area contributed by atoms with E-state index >= 15 is 0 Å². The van der Waals surface area contributed by atoms with Gasteiger partial charge in [-0.05, 0) is 24.3 Å². The predicted molar refractivity (Wildman–Crippen MR) is 68.0 cm³/mol. The average molecular weight is 243 g/mol. The molecule has 0 unspecified atom stereocenters. The Morgan fingerprint density at radius 2 is 2.00 bits per heavy atom. The third kappa shape index (κ3) is 2.49. The Morgan fingerprint density at radius 1 is 1.28 bits per heavy atom. The highest BCUT2D eigenvalue weighted by molar-refractivity contribution is 6.10. The van der Waals surface area contributed by atoms with E-state index < -0.39 is 0 Å². The van der Waals surface area contributed by atoms with Crippen molar-refractivity contribution < 1.29 is 14.7 Å². The number of benzene rings is 1. The van der Waals surface area contributed by atoms with E-state index in [9.17, 15) is 10.0 Å². The van der Waals surface area contributed by atoms with E-state index in [4.69, 9.17) is 4.74 Å². The third-order valence-corrected chi connectivity index (χ3v) is 2.51. The van der Waals surface area contributed by atoms with Crippen molar-refractivity contribution in [2.45, 2.75) is 0 Å². The fourth-order valence-corrected chi connectivity index (χ4v) is 1.58. The number of anilines is 1. The predicted octanol–water partition coefficient (Wildman–Crippen LogP) is 2.44. The van der Waals surface area contributed by atoms with Gasteiger partial charge in [0, 0.05) is 11.8 Å². The van der Waals surface area contributed by atoms with Crippen molar-refractivity contribution in [1.82, 2.24) is 0 Å². The number of carbonyl (C=O) groups is 1. The molecule has 0 amide bonds. The van der Waals surface area contributed by atoms with Crippen LogP contribution in [0.2, 0.25) is 0 Å².